The van der Waals surface area contributed by atoms with Gasteiger partial charge in [0, 0.05) is 31.2 Å². The summed E-state index contributed by atoms with van der Waals surface area (Å²) in [5, 5.41) is 14.5. The maximum Gasteiger partial charge on any atom is 0.255 e. The van der Waals surface area contributed by atoms with Crippen molar-refractivity contribution in [3.05, 3.63) is 22.7 Å². The lowest BCUT2D eigenvalue weighted by Crippen LogP contribution is -2.60. The Morgan fingerprint density at radius 2 is 1.88 bits per heavy atom. The Hall–Kier alpha value is -2.08. The van der Waals surface area contributed by atoms with Crippen molar-refractivity contribution in [2.24, 2.45) is 0 Å². The highest BCUT2D eigenvalue weighted by molar-refractivity contribution is 7.84. The lowest BCUT2D eigenvalue weighted by molar-refractivity contribution is -0.927. The molecular formula is C20H31ClN3O7S-. The molecule has 1 heterocycles. The van der Waals surface area contributed by atoms with E-state index >= 15 is 0 Å². The van der Waals surface area contributed by atoms with Crippen molar-refractivity contribution in [1.29, 1.82) is 0 Å². The first-order chi connectivity index (χ1) is 14.8. The molecule has 1 aromatic rings. The number of benzene rings is 1. The number of quaternary nitrogens is 1. The summed E-state index contributed by atoms with van der Waals surface area (Å²) in [4.78, 5) is 23.8. The second-order valence-corrected chi connectivity index (χ2v) is 9.74. The van der Waals surface area contributed by atoms with Crippen LogP contribution in [0.15, 0.2) is 12.1 Å². The molecule has 182 valence electrons. The Bertz CT molecular complexity index is 893. The number of unbranched alkanes of at least 4 members (excludes halogenated alkanes) is 1. The van der Waals surface area contributed by atoms with Gasteiger partial charge in [0.15, 0.2) is 0 Å². The summed E-state index contributed by atoms with van der Waals surface area (Å²) in [6.07, 6.45) is 4.03. The topological polar surface area (TPSA) is 162 Å². The Balaban J connectivity index is 0.000000920. The molecule has 0 aromatic heterocycles. The number of methoxy groups -OCH3 is 1. The second-order valence-electron chi connectivity index (χ2n) is 7.92. The van der Waals surface area contributed by atoms with Crippen LogP contribution in [0.4, 0.5) is 5.69 Å². The van der Waals surface area contributed by atoms with E-state index in [1.807, 2.05) is 0 Å². The van der Waals surface area contributed by atoms with Gasteiger partial charge in [-0.1, -0.05) is 24.9 Å². The average Bonchev–Trinajstić information content (AvgIpc) is 2.68. The minimum absolute atomic E-state index is 0.0202. The molecule has 1 aliphatic rings. The van der Waals surface area contributed by atoms with Gasteiger partial charge in [0.1, 0.15) is 12.3 Å². The van der Waals surface area contributed by atoms with Gasteiger partial charge in [-0.2, -0.15) is 0 Å². The van der Waals surface area contributed by atoms with E-state index in [9.17, 15) is 14.7 Å². The van der Waals surface area contributed by atoms with Gasteiger partial charge >= 0.3 is 0 Å². The van der Waals surface area contributed by atoms with Crippen LogP contribution in [0.25, 0.3) is 0 Å². The van der Waals surface area contributed by atoms with Crippen molar-refractivity contribution in [1.82, 2.24) is 5.32 Å². The molecule has 0 atom stereocenters. The van der Waals surface area contributed by atoms with Gasteiger partial charge in [-0.05, 0) is 12.5 Å². The number of carboxylic acid groups (broad SMARTS) is 1. The zero-order valence-electron chi connectivity index (χ0n) is 18.6. The number of nitrogens with zero attached hydrogens (tertiary/aromatic N) is 1. The number of carbonyl (C=O) groups is 2. The van der Waals surface area contributed by atoms with Crippen LogP contribution >= 0.6 is 11.6 Å². The summed E-state index contributed by atoms with van der Waals surface area (Å²) in [5.74, 6) is -0.919. The number of hydrogen-bond donors (Lipinski definition) is 2. The number of aliphatic carboxylic acids is 1. The molecule has 32 heavy (non-hydrogen) atoms. The van der Waals surface area contributed by atoms with Crippen molar-refractivity contribution >= 4 is 39.3 Å². The molecule has 0 unspecified atom stereocenters. The molecule has 12 heteroatoms. The monoisotopic (exact) mass is 492 g/mol. The maximum atomic E-state index is 12.7. The third-order valence-electron chi connectivity index (χ3n) is 5.25. The lowest BCUT2D eigenvalue weighted by atomic mass is 10.0. The number of piperidine rings is 1. The van der Waals surface area contributed by atoms with Gasteiger partial charge in [-0.3, -0.25) is 4.79 Å². The van der Waals surface area contributed by atoms with Crippen LogP contribution in [0.3, 0.4) is 0 Å². The number of ether oxygens (including phenoxy) is 1. The van der Waals surface area contributed by atoms with Gasteiger partial charge in [0.05, 0.1) is 59.1 Å². The fraction of sp³-hybridized carbons (Fsp3) is 0.600. The number of amides is 1. The van der Waals surface area contributed by atoms with Gasteiger partial charge in [-0.25, -0.2) is 8.42 Å². The minimum atomic E-state index is -3.92. The highest BCUT2D eigenvalue weighted by Gasteiger charge is 2.34. The number of halogens is 1. The molecule has 1 aliphatic heterocycles. The molecule has 1 amide bonds. The highest BCUT2D eigenvalue weighted by Crippen LogP contribution is 2.29. The molecule has 1 saturated heterocycles. The van der Waals surface area contributed by atoms with Crippen LogP contribution < -0.4 is 20.9 Å². The predicted octanol–water partition coefficient (Wildman–Crippen LogP) is 0.351. The van der Waals surface area contributed by atoms with Crippen LogP contribution in [-0.2, 0) is 14.9 Å². The largest absolute Gasteiger partial charge is 0.748 e. The fourth-order valence-electron chi connectivity index (χ4n) is 3.67. The molecule has 2 rings (SSSR count). The molecular weight excluding hydrogens is 462 g/mol. The van der Waals surface area contributed by atoms with Crippen LogP contribution in [0.5, 0.6) is 5.75 Å². The van der Waals surface area contributed by atoms with Crippen molar-refractivity contribution in [2.75, 3.05) is 45.3 Å². The van der Waals surface area contributed by atoms with Crippen LogP contribution in [-0.4, -0.2) is 74.9 Å². The van der Waals surface area contributed by atoms with Crippen LogP contribution in [0.2, 0.25) is 5.02 Å². The smallest absolute Gasteiger partial charge is 0.255 e. The molecule has 10 nitrogen and oxygen atoms in total. The summed E-state index contributed by atoms with van der Waals surface area (Å²) in [6.45, 7) is 4.36. The minimum Gasteiger partial charge on any atom is -0.748 e. The van der Waals surface area contributed by atoms with E-state index in [0.29, 0.717) is 58.7 Å². The predicted molar refractivity (Wildman–Crippen MR) is 118 cm³/mol. The first-order valence-corrected chi connectivity index (χ1v) is 12.4. The normalized spacial score (nSPS) is 20.6. The number of carboxylic acids is 1. The van der Waals surface area contributed by atoms with E-state index in [1.54, 1.807) is 0 Å². The average molecular weight is 493 g/mol. The summed E-state index contributed by atoms with van der Waals surface area (Å²) in [6, 6.07) is 3.02. The summed E-state index contributed by atoms with van der Waals surface area (Å²) >= 11 is 6.04. The third kappa shape index (κ3) is 9.60. The zero-order valence-corrected chi connectivity index (χ0v) is 20.1. The molecule has 0 bridgehead atoms. The number of anilines is 1. The van der Waals surface area contributed by atoms with E-state index in [1.165, 1.54) is 19.2 Å². The highest BCUT2D eigenvalue weighted by atomic mass is 35.5. The van der Waals surface area contributed by atoms with Gasteiger partial charge in [-0.15, -0.1) is 0 Å². The zero-order chi connectivity index (χ0) is 24.5. The van der Waals surface area contributed by atoms with Gasteiger partial charge < -0.3 is 34.7 Å². The number of hydrogen-bond acceptors (Lipinski definition) is 8. The number of rotatable bonds is 8. The molecule has 1 fully saturated rings. The first-order valence-electron chi connectivity index (χ1n) is 10.2. The van der Waals surface area contributed by atoms with Gasteiger partial charge in [0.2, 0.25) is 0 Å². The van der Waals surface area contributed by atoms with Crippen molar-refractivity contribution in [2.45, 2.75) is 38.6 Å². The van der Waals surface area contributed by atoms with Crippen molar-refractivity contribution in [3.8, 4) is 5.75 Å². The van der Waals surface area contributed by atoms with E-state index < -0.39 is 16.1 Å². The summed E-state index contributed by atoms with van der Waals surface area (Å²) in [5.41, 5.74) is 6.45. The molecule has 3 N–H and O–H groups in total. The second kappa shape index (κ2) is 12.2. The number of nitrogen functional groups attached to an aromatic ring is 1. The Morgan fingerprint density at radius 3 is 2.34 bits per heavy atom. The Kier molecular flexibility index (Phi) is 10.7. The maximum absolute atomic E-state index is 12.7. The number of nitrogens with two attached hydrogens (primary N) is 1. The first kappa shape index (κ1) is 28.0. The Morgan fingerprint density at radius 1 is 1.31 bits per heavy atom. The van der Waals surface area contributed by atoms with E-state index in [-0.39, 0.29) is 18.5 Å². The third-order valence-corrected chi connectivity index (χ3v) is 5.58. The Labute approximate surface area is 194 Å². The van der Waals surface area contributed by atoms with Crippen molar-refractivity contribution < 1.29 is 36.9 Å². The SMILES string of the molecule is CCCC[N+]1(CC(=O)[O-])CCC(NC(=O)c2cc(Cl)c(N)cc2OC)CC1.CS(=O)(=O)[O-]. The number of nitrogens with one attached hydrogen (secondary N) is 1. The molecule has 1 aromatic carbocycles. The van der Waals surface area contributed by atoms with Crippen molar-refractivity contribution in [3.63, 3.8) is 0 Å². The number of likely N-dealkylation sites (tertiary alicyclic amines) is 1. The molecule has 0 spiro atoms. The summed E-state index contributed by atoms with van der Waals surface area (Å²) < 4.78 is 33.0. The summed E-state index contributed by atoms with van der Waals surface area (Å²) in [7, 11) is -2.44. The van der Waals surface area contributed by atoms with Crippen LogP contribution in [0, 0.1) is 0 Å². The molecule has 0 aliphatic carbocycles. The standard InChI is InChI=1S/C19H28ClN3O4.CH4O3S/c1-3-4-7-23(12-18(24)25)8-5-13(6-9-23)22-19(26)14-10-15(20)16(21)11-17(14)27-2;1-5(2,3)4/h10-11,13H,3-9,12H2,1-2H3,(H3-,21,22,24,25,26);1H3,(H,2,3,4)/p-1. The lowest BCUT2D eigenvalue weighted by Gasteiger charge is -2.44. The van der Waals surface area contributed by atoms with Gasteiger partial charge in [0.25, 0.3) is 5.91 Å². The molecule has 0 radical (unpaired) electrons. The van der Waals surface area contributed by atoms with Crippen LogP contribution in [0.1, 0.15) is 43.0 Å². The van der Waals surface area contributed by atoms with E-state index in [2.05, 4.69) is 12.2 Å². The quantitative estimate of drug-likeness (QED) is 0.298. The van der Waals surface area contributed by atoms with E-state index in [4.69, 9.17) is 35.0 Å². The van der Waals surface area contributed by atoms with E-state index in [0.717, 1.165) is 19.4 Å². The fourth-order valence-corrected chi connectivity index (χ4v) is 3.83. The number of carbonyl (C=O) groups excluding carboxylic acids is 2. The molecule has 0 saturated carbocycles.